The smallest absolute Gasteiger partial charge is 0.408 e. The first-order valence-electron chi connectivity index (χ1n) is 15.0. The van der Waals surface area contributed by atoms with Gasteiger partial charge in [-0.25, -0.2) is 9.18 Å². The number of aliphatic hydroxyl groups excluding tert-OH is 1. The second-order valence-corrected chi connectivity index (χ2v) is 12.6. The zero-order chi connectivity index (χ0) is 31.4. The number of hydrogen-bond donors (Lipinski definition) is 4. The van der Waals surface area contributed by atoms with Crippen molar-refractivity contribution in [2.75, 3.05) is 26.4 Å². The number of rotatable bonds is 13. The highest BCUT2D eigenvalue weighted by molar-refractivity contribution is 6.01. The molecule has 3 fully saturated rings. The molecule has 0 aromatic carbocycles. The third-order valence-electron chi connectivity index (χ3n) is 10.3. The molecule has 0 aromatic heterocycles. The van der Waals surface area contributed by atoms with Crippen LogP contribution in [0.5, 0.6) is 0 Å². The second-order valence-electron chi connectivity index (χ2n) is 12.6. The van der Waals surface area contributed by atoms with E-state index in [1.165, 1.54) is 12.2 Å². The van der Waals surface area contributed by atoms with Crippen LogP contribution in [0.15, 0.2) is 23.8 Å². The van der Waals surface area contributed by atoms with Gasteiger partial charge in [0.05, 0.1) is 24.7 Å². The van der Waals surface area contributed by atoms with E-state index in [1.807, 2.05) is 6.92 Å². The van der Waals surface area contributed by atoms with E-state index in [0.29, 0.717) is 44.1 Å². The predicted molar refractivity (Wildman–Crippen MR) is 147 cm³/mol. The molecule has 4 aliphatic carbocycles. The maximum Gasteiger partial charge on any atom is 0.408 e. The third-order valence-corrected chi connectivity index (χ3v) is 10.3. The molecule has 4 N–H and O–H groups in total. The van der Waals surface area contributed by atoms with Gasteiger partial charge in [-0.05, 0) is 81.8 Å². The summed E-state index contributed by atoms with van der Waals surface area (Å²) in [6.45, 7) is 3.05. The number of nitrogens with zero attached hydrogens (tertiary/aromatic N) is 1. The van der Waals surface area contributed by atoms with E-state index in [2.05, 4.69) is 10.2 Å². The van der Waals surface area contributed by atoms with Gasteiger partial charge in [0.25, 0.3) is 0 Å². The first-order chi connectivity index (χ1) is 20.3. The van der Waals surface area contributed by atoms with Crippen LogP contribution in [0.1, 0.15) is 71.6 Å². The first-order valence-corrected chi connectivity index (χ1v) is 15.0. The number of Topliss-reactive ketones (excluding diaryl/α,β-unsaturated/α-hetero) is 1. The average Bonchev–Trinajstić information content (AvgIpc) is 3.29. The van der Waals surface area contributed by atoms with Crippen molar-refractivity contribution in [3.63, 3.8) is 0 Å². The van der Waals surface area contributed by atoms with Crippen molar-refractivity contribution in [1.82, 2.24) is 10.7 Å². The van der Waals surface area contributed by atoms with E-state index < -0.39 is 59.7 Å². The number of ether oxygens (including phenoxy) is 2. The number of fused-ring (bicyclic) bond motifs is 5. The van der Waals surface area contributed by atoms with Gasteiger partial charge >= 0.3 is 12.1 Å². The van der Waals surface area contributed by atoms with Crippen molar-refractivity contribution in [2.24, 2.45) is 28.6 Å². The van der Waals surface area contributed by atoms with Gasteiger partial charge in [0.1, 0.15) is 6.54 Å². The Kier molecular flexibility index (Phi) is 10.4. The number of hydrogen-bond acceptors (Lipinski definition) is 11. The number of allylic oxidation sites excluding steroid dienone is 4. The number of esters is 1. The van der Waals surface area contributed by atoms with Gasteiger partial charge in [-0.1, -0.05) is 25.0 Å². The molecule has 0 bridgehead atoms. The molecular formula is C30H43FN2O10. The molecule has 4 aliphatic rings. The van der Waals surface area contributed by atoms with E-state index in [-0.39, 0.29) is 42.5 Å². The van der Waals surface area contributed by atoms with Crippen LogP contribution in [0.2, 0.25) is 0 Å². The highest BCUT2D eigenvalue weighted by atomic mass is 19.1. The first kappa shape index (κ1) is 33.2. The Hall–Kier alpha value is -2.71. The minimum atomic E-state index is -1.96. The van der Waals surface area contributed by atoms with Crippen LogP contribution in [0.25, 0.3) is 0 Å². The fraction of sp³-hybridized carbons (Fsp3) is 0.733. The number of aliphatic hydroxyl groups is 1. The van der Waals surface area contributed by atoms with Crippen molar-refractivity contribution >= 4 is 23.6 Å². The topological polar surface area (TPSA) is 172 Å². The number of nitrogens with one attached hydrogen (secondary N) is 1. The minimum Gasteiger partial charge on any atom is -0.464 e. The molecule has 0 aromatic rings. The quantitative estimate of drug-likeness (QED) is 0.137. The Bertz CT molecular complexity index is 1140. The van der Waals surface area contributed by atoms with Crippen molar-refractivity contribution in [3.05, 3.63) is 23.8 Å². The summed E-state index contributed by atoms with van der Waals surface area (Å²) in [5.74, 6) is -2.28. The summed E-state index contributed by atoms with van der Waals surface area (Å²) in [5, 5.41) is 30.1. The number of amides is 1. The highest BCUT2D eigenvalue weighted by Crippen LogP contribution is 2.68. The molecule has 3 unspecified atom stereocenters. The number of halogens is 1. The van der Waals surface area contributed by atoms with E-state index in [0.717, 1.165) is 12.8 Å². The summed E-state index contributed by atoms with van der Waals surface area (Å²) in [6.07, 6.45) is 7.08. The molecule has 3 saturated carbocycles. The van der Waals surface area contributed by atoms with Crippen molar-refractivity contribution in [3.8, 4) is 0 Å². The molecule has 13 heteroatoms. The van der Waals surface area contributed by atoms with Gasteiger partial charge in [-0.2, -0.15) is 0 Å². The lowest BCUT2D eigenvalue weighted by atomic mass is 9.45. The van der Waals surface area contributed by atoms with Gasteiger partial charge in [0.15, 0.2) is 23.8 Å². The molecule has 4 rings (SSSR count). The monoisotopic (exact) mass is 610 g/mol. The van der Waals surface area contributed by atoms with Crippen molar-refractivity contribution in [1.29, 1.82) is 0 Å². The fourth-order valence-electron chi connectivity index (χ4n) is 8.11. The Morgan fingerprint density at radius 1 is 1.05 bits per heavy atom. The Labute approximate surface area is 250 Å². The lowest BCUT2D eigenvalue weighted by Gasteiger charge is -2.62. The van der Waals surface area contributed by atoms with E-state index in [1.54, 1.807) is 13.0 Å². The summed E-state index contributed by atoms with van der Waals surface area (Å²) >= 11 is 0. The van der Waals surface area contributed by atoms with Crippen molar-refractivity contribution < 1.29 is 53.4 Å². The normalized spacial score (nSPS) is 34.6. The maximum atomic E-state index is 17.1. The zero-order valence-electron chi connectivity index (χ0n) is 24.8. The van der Waals surface area contributed by atoms with Gasteiger partial charge in [0, 0.05) is 17.3 Å². The van der Waals surface area contributed by atoms with Crippen LogP contribution in [0.3, 0.4) is 0 Å². The van der Waals surface area contributed by atoms with Crippen LogP contribution >= 0.6 is 0 Å². The number of ketones is 2. The molecular weight excluding hydrogens is 567 g/mol. The number of carbonyl (C=O) groups is 4. The van der Waals surface area contributed by atoms with E-state index in [4.69, 9.17) is 19.9 Å². The summed E-state index contributed by atoms with van der Waals surface area (Å²) in [7, 11) is 0. The number of carbonyl (C=O) groups excluding carboxylic acids is 4. The Morgan fingerprint density at radius 2 is 1.77 bits per heavy atom. The molecule has 1 amide bonds. The maximum absolute atomic E-state index is 17.1. The van der Waals surface area contributed by atoms with Crippen LogP contribution in [-0.2, 0) is 28.7 Å². The summed E-state index contributed by atoms with van der Waals surface area (Å²) < 4.78 is 27.3. The standard InChI is InChI=1S/C30H43FN2O10/c1-28-16-25(36)30(31)22(8-7-19-15-20(34)11-12-29(19,30)2)21(28)9-10-23(28)24(35)18-42-27(38)32-17-26(37)41-13-5-3-4-6-14-43-33(39)40/h11-12,15,21-23,25,36,39-40H,3-10,13-14,16-18H2,1-2H3,(H,32,38)/t21?,22-,23?,25-,28-,29-,30?/m0/s1. The largest absolute Gasteiger partial charge is 0.464 e. The lowest BCUT2D eigenvalue weighted by Crippen LogP contribution is -2.66. The average molecular weight is 611 g/mol. The van der Waals surface area contributed by atoms with E-state index in [9.17, 15) is 24.3 Å². The summed E-state index contributed by atoms with van der Waals surface area (Å²) in [5.41, 5.74) is -3.01. The highest BCUT2D eigenvalue weighted by Gasteiger charge is 2.70. The molecule has 0 aliphatic heterocycles. The number of alkyl halides is 1. The van der Waals surface area contributed by atoms with Crippen molar-refractivity contribution in [2.45, 2.75) is 83.4 Å². The van der Waals surface area contributed by atoms with Gasteiger partial charge < -0.3 is 19.9 Å². The van der Waals surface area contributed by atoms with Gasteiger partial charge in [-0.15, -0.1) is 0 Å². The SMILES string of the molecule is C[C@]12C[C@H](O)C3(F)[C@@H](CCC4=CC(=O)C=C[C@@]43C)C1CCC2C(=O)COC(=O)NCC(=O)OCCCCCCON(O)O. The molecule has 43 heavy (non-hydrogen) atoms. The fourth-order valence-corrected chi connectivity index (χ4v) is 8.11. The molecule has 0 heterocycles. The molecule has 12 nitrogen and oxygen atoms in total. The van der Waals surface area contributed by atoms with Crippen LogP contribution in [-0.4, -0.2) is 82.7 Å². The number of unbranched alkanes of at least 4 members (excludes halogenated alkanes) is 3. The lowest BCUT2D eigenvalue weighted by molar-refractivity contribution is -0.492. The van der Waals surface area contributed by atoms with Gasteiger partial charge in [-0.3, -0.25) is 29.6 Å². The number of alkyl carbamates (subject to hydrolysis) is 1. The van der Waals surface area contributed by atoms with E-state index >= 15 is 4.39 Å². The second kappa shape index (κ2) is 13.5. The zero-order valence-corrected chi connectivity index (χ0v) is 24.8. The van der Waals surface area contributed by atoms with Crippen LogP contribution < -0.4 is 5.32 Å². The Morgan fingerprint density at radius 3 is 2.49 bits per heavy atom. The summed E-state index contributed by atoms with van der Waals surface area (Å²) in [6, 6.07) is 0. The van der Waals surface area contributed by atoms with Gasteiger partial charge in [0.2, 0.25) is 0 Å². The molecule has 0 saturated heterocycles. The minimum absolute atomic E-state index is 0.0848. The molecule has 0 spiro atoms. The molecule has 0 radical (unpaired) electrons. The third kappa shape index (κ3) is 6.70. The summed E-state index contributed by atoms with van der Waals surface area (Å²) in [4.78, 5) is 53.7. The van der Waals surface area contributed by atoms with Crippen LogP contribution in [0, 0.1) is 28.6 Å². The molecule has 240 valence electrons. The predicted octanol–water partition coefficient (Wildman–Crippen LogP) is 3.38. The Balaban J connectivity index is 1.22. The molecule has 7 atom stereocenters. The van der Waals surface area contributed by atoms with Crippen LogP contribution in [0.4, 0.5) is 9.18 Å².